The van der Waals surface area contributed by atoms with E-state index in [1.807, 2.05) is 6.07 Å². The van der Waals surface area contributed by atoms with Gasteiger partial charge < -0.3 is 15.0 Å². The summed E-state index contributed by atoms with van der Waals surface area (Å²) in [5.74, 6) is 0.739. The Balaban J connectivity index is 1.43. The standard InChI is InChI=1S/C19H25N3O2S/c1-24-13-19(8-9-20-12-19)18(23)22-10-6-14(7-11-22)17-21-15-4-2-3-5-16(15)25-17/h2-5,14,20H,6-13H2,1H3. The van der Waals surface area contributed by atoms with Gasteiger partial charge in [-0.1, -0.05) is 12.1 Å². The summed E-state index contributed by atoms with van der Waals surface area (Å²) in [5, 5.41) is 4.56. The number of nitrogens with zero attached hydrogens (tertiary/aromatic N) is 2. The number of amides is 1. The molecule has 2 aliphatic heterocycles. The van der Waals surface area contributed by atoms with Gasteiger partial charge in [-0.05, 0) is 37.9 Å². The summed E-state index contributed by atoms with van der Waals surface area (Å²) in [4.78, 5) is 20.0. The predicted molar refractivity (Wildman–Crippen MR) is 100.0 cm³/mol. The van der Waals surface area contributed by atoms with E-state index in [4.69, 9.17) is 9.72 Å². The van der Waals surface area contributed by atoms with Crippen molar-refractivity contribution < 1.29 is 9.53 Å². The first-order valence-corrected chi connectivity index (χ1v) is 9.88. The van der Waals surface area contributed by atoms with Crippen molar-refractivity contribution >= 4 is 27.5 Å². The second-order valence-electron chi connectivity index (χ2n) is 7.23. The van der Waals surface area contributed by atoms with Gasteiger partial charge in [0.25, 0.3) is 0 Å². The van der Waals surface area contributed by atoms with Crippen LogP contribution in [-0.2, 0) is 9.53 Å². The Hall–Kier alpha value is -1.50. The number of fused-ring (bicyclic) bond motifs is 1. The van der Waals surface area contributed by atoms with Gasteiger partial charge in [0.05, 0.1) is 27.2 Å². The van der Waals surface area contributed by atoms with Crippen molar-refractivity contribution in [2.24, 2.45) is 5.41 Å². The molecule has 1 amide bonds. The van der Waals surface area contributed by atoms with Gasteiger partial charge in [-0.15, -0.1) is 11.3 Å². The van der Waals surface area contributed by atoms with Crippen LogP contribution in [0.25, 0.3) is 10.2 Å². The Labute approximate surface area is 152 Å². The lowest BCUT2D eigenvalue weighted by Crippen LogP contribution is -2.50. The zero-order chi connectivity index (χ0) is 17.3. The van der Waals surface area contributed by atoms with Gasteiger partial charge in [-0.3, -0.25) is 4.79 Å². The van der Waals surface area contributed by atoms with Crippen LogP contribution in [-0.4, -0.2) is 55.7 Å². The minimum absolute atomic E-state index is 0.266. The van der Waals surface area contributed by atoms with E-state index in [0.717, 1.165) is 51.0 Å². The Bertz CT molecular complexity index is 713. The van der Waals surface area contributed by atoms with Gasteiger partial charge >= 0.3 is 0 Å². The highest BCUT2D eigenvalue weighted by Crippen LogP contribution is 2.36. The number of ether oxygens (including phenoxy) is 1. The number of carbonyl (C=O) groups is 1. The lowest BCUT2D eigenvalue weighted by Gasteiger charge is -2.37. The normalized spacial score (nSPS) is 24.9. The largest absolute Gasteiger partial charge is 0.384 e. The minimum atomic E-state index is -0.364. The smallest absolute Gasteiger partial charge is 0.232 e. The molecule has 1 atom stereocenters. The fraction of sp³-hybridized carbons (Fsp3) is 0.579. The van der Waals surface area contributed by atoms with Crippen LogP contribution in [0.15, 0.2) is 24.3 Å². The Kier molecular flexibility index (Phi) is 4.75. The van der Waals surface area contributed by atoms with Crippen molar-refractivity contribution in [3.05, 3.63) is 29.3 Å². The van der Waals surface area contributed by atoms with Crippen LogP contribution in [0.1, 0.15) is 30.2 Å². The zero-order valence-corrected chi connectivity index (χ0v) is 15.5. The minimum Gasteiger partial charge on any atom is -0.384 e. The first kappa shape index (κ1) is 16.9. The molecule has 0 spiro atoms. The van der Waals surface area contributed by atoms with Gasteiger partial charge in [0.15, 0.2) is 0 Å². The van der Waals surface area contributed by atoms with E-state index >= 15 is 0 Å². The molecule has 6 heteroatoms. The highest BCUT2D eigenvalue weighted by atomic mass is 32.1. The number of aromatic nitrogens is 1. The molecule has 2 aliphatic rings. The van der Waals surface area contributed by atoms with E-state index in [1.165, 1.54) is 9.71 Å². The summed E-state index contributed by atoms with van der Waals surface area (Å²) in [5.41, 5.74) is 0.731. The molecule has 0 bridgehead atoms. The van der Waals surface area contributed by atoms with Crippen molar-refractivity contribution in [2.75, 3.05) is 39.9 Å². The van der Waals surface area contributed by atoms with Gasteiger partial charge in [-0.25, -0.2) is 4.98 Å². The Morgan fingerprint density at radius 2 is 2.20 bits per heavy atom. The number of methoxy groups -OCH3 is 1. The number of rotatable bonds is 4. The molecule has 2 fully saturated rings. The maximum atomic E-state index is 13.1. The van der Waals surface area contributed by atoms with E-state index in [0.29, 0.717) is 12.5 Å². The molecule has 2 aromatic rings. The van der Waals surface area contributed by atoms with E-state index in [9.17, 15) is 4.79 Å². The second-order valence-corrected chi connectivity index (χ2v) is 8.29. The first-order chi connectivity index (χ1) is 12.2. The maximum Gasteiger partial charge on any atom is 0.232 e. The molecule has 1 N–H and O–H groups in total. The topological polar surface area (TPSA) is 54.5 Å². The third kappa shape index (κ3) is 3.18. The molecule has 134 valence electrons. The van der Waals surface area contributed by atoms with Crippen LogP contribution in [0.3, 0.4) is 0 Å². The summed E-state index contributed by atoms with van der Waals surface area (Å²) in [6, 6.07) is 8.32. The van der Waals surface area contributed by atoms with Crippen molar-refractivity contribution in [1.82, 2.24) is 15.2 Å². The maximum absolute atomic E-state index is 13.1. The lowest BCUT2D eigenvalue weighted by molar-refractivity contribution is -0.145. The number of benzene rings is 1. The van der Waals surface area contributed by atoms with Gasteiger partial charge in [0.1, 0.15) is 0 Å². The number of nitrogens with one attached hydrogen (secondary N) is 1. The van der Waals surface area contributed by atoms with Gasteiger partial charge in [0, 0.05) is 32.7 Å². The monoisotopic (exact) mass is 359 g/mol. The molecule has 0 saturated carbocycles. The molecule has 0 radical (unpaired) electrons. The van der Waals surface area contributed by atoms with Crippen molar-refractivity contribution in [2.45, 2.75) is 25.2 Å². The van der Waals surface area contributed by atoms with Crippen molar-refractivity contribution in [3.8, 4) is 0 Å². The molecule has 2 saturated heterocycles. The third-order valence-corrected chi connectivity index (χ3v) is 6.76. The quantitative estimate of drug-likeness (QED) is 0.912. The highest BCUT2D eigenvalue weighted by Gasteiger charge is 2.44. The van der Waals surface area contributed by atoms with E-state index in [-0.39, 0.29) is 11.3 Å². The third-order valence-electron chi connectivity index (χ3n) is 5.56. The molecule has 5 nitrogen and oxygen atoms in total. The summed E-state index contributed by atoms with van der Waals surface area (Å²) < 4.78 is 6.63. The van der Waals surface area contributed by atoms with Crippen molar-refractivity contribution in [3.63, 3.8) is 0 Å². The van der Waals surface area contributed by atoms with Gasteiger partial charge in [-0.2, -0.15) is 0 Å². The lowest BCUT2D eigenvalue weighted by atomic mass is 9.85. The van der Waals surface area contributed by atoms with Crippen molar-refractivity contribution in [1.29, 1.82) is 0 Å². The summed E-state index contributed by atoms with van der Waals surface area (Å²) in [6.45, 7) is 3.79. The number of carbonyl (C=O) groups excluding carboxylic acids is 1. The van der Waals surface area contributed by atoms with E-state index < -0.39 is 0 Å². The molecule has 1 unspecified atom stereocenters. The van der Waals surface area contributed by atoms with Crippen LogP contribution in [0.4, 0.5) is 0 Å². The number of hydrogen-bond donors (Lipinski definition) is 1. The second kappa shape index (κ2) is 7.02. The Morgan fingerprint density at radius 1 is 1.40 bits per heavy atom. The average molecular weight is 359 g/mol. The fourth-order valence-corrected chi connectivity index (χ4v) is 5.25. The number of thiazole rings is 1. The average Bonchev–Trinajstić information content (AvgIpc) is 3.29. The molecular formula is C19H25N3O2S. The SMILES string of the molecule is COCC1(C(=O)N2CCC(c3nc4ccccc4s3)CC2)CCNC1. The molecule has 1 aromatic heterocycles. The van der Waals surface area contributed by atoms with Crippen LogP contribution in [0.5, 0.6) is 0 Å². The molecular weight excluding hydrogens is 334 g/mol. The van der Waals surface area contributed by atoms with E-state index in [1.54, 1.807) is 18.4 Å². The molecule has 25 heavy (non-hydrogen) atoms. The molecule has 0 aliphatic carbocycles. The number of piperidine rings is 1. The highest BCUT2D eigenvalue weighted by molar-refractivity contribution is 7.18. The number of hydrogen-bond acceptors (Lipinski definition) is 5. The summed E-state index contributed by atoms with van der Waals surface area (Å²) in [6.07, 6.45) is 2.88. The van der Waals surface area contributed by atoms with Crippen LogP contribution in [0, 0.1) is 5.41 Å². The number of para-hydroxylation sites is 1. The van der Waals surface area contributed by atoms with Crippen LogP contribution < -0.4 is 5.32 Å². The Morgan fingerprint density at radius 3 is 2.88 bits per heavy atom. The fourth-order valence-electron chi connectivity index (χ4n) is 4.12. The van der Waals surface area contributed by atoms with E-state index in [2.05, 4.69) is 28.4 Å². The first-order valence-electron chi connectivity index (χ1n) is 9.06. The molecule has 1 aromatic carbocycles. The molecule has 4 rings (SSSR count). The zero-order valence-electron chi connectivity index (χ0n) is 14.7. The number of likely N-dealkylation sites (tertiary alicyclic amines) is 1. The molecule has 3 heterocycles. The van der Waals surface area contributed by atoms with Crippen LogP contribution >= 0.6 is 11.3 Å². The van der Waals surface area contributed by atoms with Crippen LogP contribution in [0.2, 0.25) is 0 Å². The summed E-state index contributed by atoms with van der Waals surface area (Å²) in [7, 11) is 1.69. The van der Waals surface area contributed by atoms with Gasteiger partial charge in [0.2, 0.25) is 5.91 Å². The summed E-state index contributed by atoms with van der Waals surface area (Å²) >= 11 is 1.80. The predicted octanol–water partition coefficient (Wildman–Crippen LogP) is 2.63.